The number of ether oxygens (including phenoxy) is 1. The third-order valence-electron chi connectivity index (χ3n) is 3.60. The van der Waals surface area contributed by atoms with Gasteiger partial charge in [0.2, 0.25) is 11.7 Å². The van der Waals surface area contributed by atoms with E-state index >= 15 is 0 Å². The first kappa shape index (κ1) is 21.1. The molecule has 1 amide bonds. The van der Waals surface area contributed by atoms with Gasteiger partial charge in [0, 0.05) is 18.4 Å². The lowest BCUT2D eigenvalue weighted by molar-refractivity contribution is -0.120. The first-order chi connectivity index (χ1) is 13.3. The average Bonchev–Trinajstić information content (AvgIpc) is 2.69. The van der Waals surface area contributed by atoms with Gasteiger partial charge in [0.15, 0.2) is 29.1 Å². The minimum absolute atomic E-state index is 0.238. The quantitative estimate of drug-likeness (QED) is 0.231. The zero-order valence-corrected chi connectivity index (χ0v) is 14.5. The third kappa shape index (κ3) is 4.76. The predicted molar refractivity (Wildman–Crippen MR) is 89.2 cm³/mol. The van der Waals surface area contributed by atoms with Crippen LogP contribution in [0.25, 0.3) is 0 Å². The number of hydrazine groups is 1. The molecule has 0 spiro atoms. The van der Waals surface area contributed by atoms with Crippen LogP contribution in [0, 0.1) is 29.1 Å². The van der Waals surface area contributed by atoms with Crippen LogP contribution in [0.4, 0.5) is 27.6 Å². The van der Waals surface area contributed by atoms with Gasteiger partial charge < -0.3 is 4.74 Å². The van der Waals surface area contributed by atoms with E-state index in [-0.39, 0.29) is 18.6 Å². The summed E-state index contributed by atoms with van der Waals surface area (Å²) in [4.78, 5) is 23.7. The molecule has 5 nitrogen and oxygen atoms in total. The lowest BCUT2D eigenvalue weighted by Gasteiger charge is -2.11. The van der Waals surface area contributed by atoms with E-state index in [0.29, 0.717) is 17.9 Å². The summed E-state index contributed by atoms with van der Waals surface area (Å²) in [7, 11) is 0. The van der Waals surface area contributed by atoms with Crippen LogP contribution < -0.4 is 15.6 Å². The normalized spacial score (nSPS) is 10.5. The monoisotopic (exact) mass is 402 g/mol. The number of Topliss-reactive ketones (excluding diaryl/α,β-unsaturated/α-hetero) is 1. The smallest absolute Gasteiger partial charge is 0.238 e. The van der Waals surface area contributed by atoms with Crippen LogP contribution >= 0.6 is 0 Å². The molecule has 0 aliphatic heterocycles. The Morgan fingerprint density at radius 3 is 1.93 bits per heavy atom. The Balaban J connectivity index is 1.92. The highest BCUT2D eigenvalue weighted by atomic mass is 19.2. The summed E-state index contributed by atoms with van der Waals surface area (Å²) < 4.78 is 71.3. The maximum Gasteiger partial charge on any atom is 0.238 e. The second kappa shape index (κ2) is 9.16. The summed E-state index contributed by atoms with van der Waals surface area (Å²) in [5, 5.41) is 0. The van der Waals surface area contributed by atoms with Gasteiger partial charge in [-0.05, 0) is 31.2 Å². The molecule has 28 heavy (non-hydrogen) atoms. The Kier molecular flexibility index (Phi) is 6.91. The van der Waals surface area contributed by atoms with Gasteiger partial charge in [-0.2, -0.15) is 0 Å². The number of hydrogen-bond donors (Lipinski definition) is 2. The molecule has 0 bridgehead atoms. The number of benzene rings is 2. The highest BCUT2D eigenvalue weighted by molar-refractivity contribution is 5.98. The summed E-state index contributed by atoms with van der Waals surface area (Å²) in [5.41, 5.74) is 2.36. The molecule has 150 valence electrons. The van der Waals surface area contributed by atoms with Crippen molar-refractivity contribution >= 4 is 17.4 Å². The first-order valence-corrected chi connectivity index (χ1v) is 8.08. The maximum absolute atomic E-state index is 13.5. The van der Waals surface area contributed by atoms with Crippen LogP contribution in [0.1, 0.15) is 30.1 Å². The van der Waals surface area contributed by atoms with E-state index in [1.54, 1.807) is 29.9 Å². The third-order valence-corrected chi connectivity index (χ3v) is 3.60. The molecular weight excluding hydrogens is 387 g/mol. The Hall–Kier alpha value is -3.17. The van der Waals surface area contributed by atoms with Crippen LogP contribution in [0.2, 0.25) is 0 Å². The van der Waals surface area contributed by atoms with Crippen molar-refractivity contribution in [3.8, 4) is 5.75 Å². The van der Waals surface area contributed by atoms with Gasteiger partial charge >= 0.3 is 0 Å². The van der Waals surface area contributed by atoms with Crippen LogP contribution in [-0.4, -0.2) is 18.3 Å². The average molecular weight is 402 g/mol. The van der Waals surface area contributed by atoms with Gasteiger partial charge in [0.1, 0.15) is 11.4 Å². The first-order valence-electron chi connectivity index (χ1n) is 8.08. The second-order valence-electron chi connectivity index (χ2n) is 5.50. The fraction of sp³-hybridized carbons (Fsp3) is 0.222. The van der Waals surface area contributed by atoms with E-state index in [4.69, 9.17) is 4.74 Å². The summed E-state index contributed by atoms with van der Waals surface area (Å²) in [6, 6.07) is 6.19. The summed E-state index contributed by atoms with van der Waals surface area (Å²) in [5.74, 6) is -11.6. The van der Waals surface area contributed by atoms with Crippen molar-refractivity contribution < 1.29 is 36.3 Å². The zero-order chi connectivity index (χ0) is 20.8. The molecule has 0 saturated heterocycles. The molecule has 2 aromatic carbocycles. The van der Waals surface area contributed by atoms with E-state index in [1.165, 1.54) is 12.1 Å². The van der Waals surface area contributed by atoms with Crippen molar-refractivity contribution in [1.29, 1.82) is 0 Å². The van der Waals surface area contributed by atoms with E-state index in [9.17, 15) is 31.5 Å². The van der Waals surface area contributed by atoms with Crippen molar-refractivity contribution in [2.24, 2.45) is 0 Å². The molecule has 0 radical (unpaired) electrons. The SMILES string of the molecule is CCOc1ccc(C(=O)CCC(=O)NNc2c(F)c(F)c(F)c(F)c2F)cc1. The molecule has 0 aliphatic carbocycles. The van der Waals surface area contributed by atoms with Crippen molar-refractivity contribution in [1.82, 2.24) is 5.43 Å². The van der Waals surface area contributed by atoms with E-state index in [2.05, 4.69) is 0 Å². The maximum atomic E-state index is 13.5. The molecule has 2 N–H and O–H groups in total. The van der Waals surface area contributed by atoms with Gasteiger partial charge in [0.25, 0.3) is 0 Å². The molecule has 0 fully saturated rings. The molecule has 0 heterocycles. The Morgan fingerprint density at radius 2 is 1.39 bits per heavy atom. The topological polar surface area (TPSA) is 67.4 Å². The highest BCUT2D eigenvalue weighted by Gasteiger charge is 2.26. The van der Waals surface area contributed by atoms with Crippen molar-refractivity contribution in [3.63, 3.8) is 0 Å². The number of amides is 1. The molecule has 0 saturated carbocycles. The van der Waals surface area contributed by atoms with Crippen LogP contribution in [0.15, 0.2) is 24.3 Å². The number of anilines is 1. The van der Waals surface area contributed by atoms with Gasteiger partial charge in [-0.25, -0.2) is 22.0 Å². The number of rotatable bonds is 8. The second-order valence-corrected chi connectivity index (χ2v) is 5.50. The lowest BCUT2D eigenvalue weighted by atomic mass is 10.1. The predicted octanol–water partition coefficient (Wildman–Crippen LogP) is 3.89. The standard InChI is InChI=1S/C18H15F5N2O3/c1-2-28-10-5-3-9(4-6-10)11(26)7-8-12(27)24-25-18-16(22)14(20)13(19)15(21)17(18)23/h3-6,25H,2,7-8H2,1H3,(H,24,27). The molecular formula is C18H15F5N2O3. The minimum Gasteiger partial charge on any atom is -0.494 e. The summed E-state index contributed by atoms with van der Waals surface area (Å²) in [6.45, 7) is 2.27. The van der Waals surface area contributed by atoms with Gasteiger partial charge in [0.05, 0.1) is 6.61 Å². The van der Waals surface area contributed by atoms with Crippen molar-refractivity contribution in [2.45, 2.75) is 19.8 Å². The number of nitrogens with one attached hydrogen (secondary N) is 2. The van der Waals surface area contributed by atoms with E-state index in [1.807, 2.05) is 0 Å². The van der Waals surface area contributed by atoms with Crippen LogP contribution in [0.3, 0.4) is 0 Å². The molecule has 0 unspecified atom stereocenters. The largest absolute Gasteiger partial charge is 0.494 e. The Labute approximate surface area is 156 Å². The minimum atomic E-state index is -2.31. The molecule has 0 atom stereocenters. The molecule has 2 rings (SSSR count). The number of ketones is 1. The van der Waals surface area contributed by atoms with Gasteiger partial charge in [-0.1, -0.05) is 0 Å². The number of carbonyl (C=O) groups is 2. The summed E-state index contributed by atoms with van der Waals surface area (Å²) >= 11 is 0. The van der Waals surface area contributed by atoms with E-state index < -0.39 is 40.7 Å². The van der Waals surface area contributed by atoms with Crippen molar-refractivity contribution in [2.75, 3.05) is 12.0 Å². The fourth-order valence-corrected chi connectivity index (χ4v) is 2.18. The lowest BCUT2D eigenvalue weighted by Crippen LogP contribution is -2.31. The van der Waals surface area contributed by atoms with Crippen LogP contribution in [0.5, 0.6) is 5.75 Å². The number of halogens is 5. The Morgan fingerprint density at radius 1 is 0.857 bits per heavy atom. The van der Waals surface area contributed by atoms with Gasteiger partial charge in [-0.15, -0.1) is 0 Å². The summed E-state index contributed by atoms with van der Waals surface area (Å²) in [6.07, 6.45) is -0.618. The van der Waals surface area contributed by atoms with Crippen molar-refractivity contribution in [3.05, 3.63) is 58.9 Å². The van der Waals surface area contributed by atoms with Crippen LogP contribution in [-0.2, 0) is 4.79 Å². The molecule has 2 aromatic rings. The molecule has 0 aliphatic rings. The molecule has 0 aromatic heterocycles. The van der Waals surface area contributed by atoms with E-state index in [0.717, 1.165) is 0 Å². The highest BCUT2D eigenvalue weighted by Crippen LogP contribution is 2.26. The molecule has 10 heteroatoms. The van der Waals surface area contributed by atoms with Gasteiger partial charge in [-0.3, -0.25) is 20.4 Å². The fourth-order valence-electron chi connectivity index (χ4n) is 2.18. The number of hydrogen-bond acceptors (Lipinski definition) is 4. The zero-order valence-electron chi connectivity index (χ0n) is 14.5. The Bertz CT molecular complexity index is 859. The number of carbonyl (C=O) groups excluding carboxylic acids is 2.